The molecule has 0 aliphatic rings. The molecule has 0 fully saturated rings. The zero-order valence-electron chi connectivity index (χ0n) is 15.6. The van der Waals surface area contributed by atoms with Crippen LogP contribution in [0.5, 0.6) is 5.75 Å². The van der Waals surface area contributed by atoms with Crippen molar-refractivity contribution in [1.82, 2.24) is 0 Å². The van der Waals surface area contributed by atoms with E-state index in [0.29, 0.717) is 38.0 Å². The second-order valence-electron chi connectivity index (χ2n) is 6.09. The molecule has 0 saturated carbocycles. The highest BCUT2D eigenvalue weighted by atomic mass is 35.5. The lowest BCUT2D eigenvalue weighted by Crippen LogP contribution is -2.19. The van der Waals surface area contributed by atoms with Crippen LogP contribution in [0.1, 0.15) is 10.4 Å². The zero-order chi connectivity index (χ0) is 21.7. The van der Waals surface area contributed by atoms with Crippen LogP contribution in [0, 0.1) is 5.82 Å². The maximum atomic E-state index is 13.3. The second-order valence-corrected chi connectivity index (χ2v) is 7.32. The van der Waals surface area contributed by atoms with E-state index >= 15 is 0 Å². The zero-order valence-corrected chi connectivity index (χ0v) is 18.0. The highest BCUT2D eigenvalue weighted by Gasteiger charge is 2.10. The van der Waals surface area contributed by atoms with Crippen LogP contribution in [0.2, 0.25) is 10.0 Å². The highest BCUT2D eigenvalue weighted by molar-refractivity contribution is 7.80. The third-order valence-corrected chi connectivity index (χ3v) is 4.71. The molecule has 3 aromatic carbocycles. The van der Waals surface area contributed by atoms with Crippen LogP contribution < -0.4 is 20.7 Å². The van der Waals surface area contributed by atoms with Crippen LogP contribution in [0.3, 0.4) is 0 Å². The summed E-state index contributed by atoms with van der Waals surface area (Å²) < 4.78 is 18.4. The number of amides is 1. The van der Waals surface area contributed by atoms with Crippen molar-refractivity contribution in [2.75, 3.05) is 23.1 Å². The Morgan fingerprint density at radius 3 is 2.03 bits per heavy atom. The summed E-state index contributed by atoms with van der Waals surface area (Å²) in [7, 11) is 1.48. The minimum atomic E-state index is -0.470. The van der Waals surface area contributed by atoms with Crippen molar-refractivity contribution in [1.29, 1.82) is 0 Å². The number of hydrogen-bond donors (Lipinski definition) is 3. The molecule has 0 bridgehead atoms. The molecule has 30 heavy (non-hydrogen) atoms. The maximum Gasteiger partial charge on any atom is 0.255 e. The second kappa shape index (κ2) is 9.75. The van der Waals surface area contributed by atoms with Crippen LogP contribution in [0.25, 0.3) is 0 Å². The van der Waals surface area contributed by atoms with Crippen molar-refractivity contribution < 1.29 is 13.9 Å². The van der Waals surface area contributed by atoms with Gasteiger partial charge in [0.2, 0.25) is 0 Å². The maximum absolute atomic E-state index is 13.3. The summed E-state index contributed by atoms with van der Waals surface area (Å²) in [6, 6.07) is 15.6. The first-order valence-corrected chi connectivity index (χ1v) is 9.80. The van der Waals surface area contributed by atoms with Crippen molar-refractivity contribution in [2.24, 2.45) is 0 Å². The molecule has 0 saturated heterocycles. The van der Waals surface area contributed by atoms with Crippen molar-refractivity contribution in [2.45, 2.75) is 0 Å². The van der Waals surface area contributed by atoms with Crippen LogP contribution in [0.15, 0.2) is 60.7 Å². The first-order valence-electron chi connectivity index (χ1n) is 8.64. The molecule has 0 aromatic heterocycles. The summed E-state index contributed by atoms with van der Waals surface area (Å²) >= 11 is 17.5. The summed E-state index contributed by atoms with van der Waals surface area (Å²) in [5.74, 6) is -0.484. The van der Waals surface area contributed by atoms with Gasteiger partial charge in [0, 0.05) is 22.6 Å². The van der Waals surface area contributed by atoms with E-state index in [1.54, 1.807) is 36.4 Å². The summed E-state index contributed by atoms with van der Waals surface area (Å²) in [4.78, 5) is 12.2. The Kier molecular flexibility index (Phi) is 7.10. The molecule has 154 valence electrons. The molecule has 3 aromatic rings. The third-order valence-electron chi connectivity index (χ3n) is 3.95. The van der Waals surface area contributed by atoms with Crippen LogP contribution in [-0.2, 0) is 0 Å². The molecule has 9 heteroatoms. The molecule has 0 aliphatic heterocycles. The Bertz CT molecular complexity index is 1070. The van der Waals surface area contributed by atoms with Gasteiger partial charge in [-0.15, -0.1) is 0 Å². The molecule has 5 nitrogen and oxygen atoms in total. The largest absolute Gasteiger partial charge is 0.494 e. The minimum absolute atomic E-state index is 0.236. The molecule has 0 aliphatic carbocycles. The van der Waals surface area contributed by atoms with Crippen LogP contribution in [-0.4, -0.2) is 18.1 Å². The summed E-state index contributed by atoms with van der Waals surface area (Å²) in [5.41, 5.74) is 2.09. The molecule has 0 spiro atoms. The van der Waals surface area contributed by atoms with Gasteiger partial charge in [0.25, 0.3) is 5.91 Å². The van der Waals surface area contributed by atoms with Gasteiger partial charge in [-0.2, -0.15) is 0 Å². The standard InChI is InChI=1S/C21H16Cl2FN3O2S/c1-29-19-17(22)10-16(11-18(19)23)27-21(30)26-15-7-5-14(6-8-15)25-20(28)12-3-2-4-13(24)9-12/h2-11H,1H3,(H,25,28)(H2,26,27,30). The molecule has 0 atom stereocenters. The number of thiocarbonyl (C=S) groups is 1. The van der Waals surface area contributed by atoms with E-state index in [0.717, 1.165) is 0 Å². The average molecular weight is 464 g/mol. The predicted octanol–water partition coefficient (Wildman–Crippen LogP) is 6.20. The van der Waals surface area contributed by atoms with Crippen LogP contribution >= 0.6 is 35.4 Å². The van der Waals surface area contributed by atoms with E-state index in [9.17, 15) is 9.18 Å². The summed E-state index contributed by atoms with van der Waals surface area (Å²) in [6.45, 7) is 0. The molecule has 1 amide bonds. The van der Waals surface area contributed by atoms with Crippen molar-refractivity contribution in [3.8, 4) is 5.75 Å². The summed E-state index contributed by atoms with van der Waals surface area (Å²) in [6.07, 6.45) is 0. The number of halogens is 3. The molecule has 3 rings (SSSR count). The number of anilines is 3. The van der Waals surface area contributed by atoms with Crippen molar-refractivity contribution in [3.63, 3.8) is 0 Å². The van der Waals surface area contributed by atoms with E-state index in [-0.39, 0.29) is 5.56 Å². The number of rotatable bonds is 5. The van der Waals surface area contributed by atoms with Gasteiger partial charge in [-0.25, -0.2) is 4.39 Å². The van der Waals surface area contributed by atoms with E-state index in [2.05, 4.69) is 16.0 Å². The fourth-order valence-corrected chi connectivity index (χ4v) is 3.47. The lowest BCUT2D eigenvalue weighted by atomic mass is 10.2. The molecule has 0 radical (unpaired) electrons. The average Bonchev–Trinajstić information content (AvgIpc) is 2.69. The number of methoxy groups -OCH3 is 1. The SMILES string of the molecule is COc1c(Cl)cc(NC(=S)Nc2ccc(NC(=O)c3cccc(F)c3)cc2)cc1Cl. The molecular weight excluding hydrogens is 448 g/mol. The van der Waals surface area contributed by atoms with Crippen LogP contribution in [0.4, 0.5) is 21.5 Å². The van der Waals surface area contributed by atoms with Gasteiger partial charge in [0.05, 0.1) is 17.2 Å². The first-order chi connectivity index (χ1) is 14.4. The van der Waals surface area contributed by atoms with E-state index in [1.807, 2.05) is 0 Å². The van der Waals surface area contributed by atoms with Gasteiger partial charge in [-0.05, 0) is 66.8 Å². The fraction of sp³-hybridized carbons (Fsp3) is 0.0476. The van der Waals surface area contributed by atoms with E-state index in [4.69, 9.17) is 40.2 Å². The predicted molar refractivity (Wildman–Crippen MR) is 124 cm³/mol. The number of carbonyl (C=O) groups is 1. The van der Waals surface area contributed by atoms with E-state index < -0.39 is 11.7 Å². The fourth-order valence-electron chi connectivity index (χ4n) is 2.59. The Balaban J connectivity index is 1.60. The number of hydrogen-bond acceptors (Lipinski definition) is 3. The molecule has 0 unspecified atom stereocenters. The lowest BCUT2D eigenvalue weighted by molar-refractivity contribution is 0.102. The Labute approximate surface area is 188 Å². The Morgan fingerprint density at radius 2 is 1.47 bits per heavy atom. The van der Waals surface area contributed by atoms with Crippen molar-refractivity contribution >= 4 is 63.5 Å². The first kappa shape index (κ1) is 21.8. The molecule has 3 N–H and O–H groups in total. The number of ether oxygens (including phenoxy) is 1. The quantitative estimate of drug-likeness (QED) is 0.393. The Morgan fingerprint density at radius 1 is 0.900 bits per heavy atom. The summed E-state index contributed by atoms with van der Waals surface area (Å²) in [5, 5.41) is 9.75. The number of carbonyl (C=O) groups excluding carboxylic acids is 1. The van der Waals surface area contributed by atoms with Gasteiger partial charge >= 0.3 is 0 Å². The lowest BCUT2D eigenvalue weighted by Gasteiger charge is -2.13. The minimum Gasteiger partial charge on any atom is -0.494 e. The number of benzene rings is 3. The molecule has 0 heterocycles. The monoisotopic (exact) mass is 463 g/mol. The topological polar surface area (TPSA) is 62.4 Å². The third kappa shape index (κ3) is 5.60. The Hall–Kier alpha value is -2.87. The normalized spacial score (nSPS) is 10.3. The van der Waals surface area contributed by atoms with Gasteiger partial charge in [0.1, 0.15) is 5.82 Å². The number of nitrogens with one attached hydrogen (secondary N) is 3. The van der Waals surface area contributed by atoms with Gasteiger partial charge < -0.3 is 20.7 Å². The smallest absolute Gasteiger partial charge is 0.255 e. The van der Waals surface area contributed by atoms with E-state index in [1.165, 1.54) is 31.4 Å². The highest BCUT2D eigenvalue weighted by Crippen LogP contribution is 2.35. The van der Waals surface area contributed by atoms with Gasteiger partial charge in [-0.3, -0.25) is 4.79 Å². The molecular formula is C21H16Cl2FN3O2S. The van der Waals surface area contributed by atoms with Crippen molar-refractivity contribution in [3.05, 3.63) is 82.1 Å². The van der Waals surface area contributed by atoms with Gasteiger partial charge in [0.15, 0.2) is 10.9 Å². The van der Waals surface area contributed by atoms with Gasteiger partial charge in [-0.1, -0.05) is 29.3 Å².